The van der Waals surface area contributed by atoms with Crippen molar-refractivity contribution in [2.75, 3.05) is 7.11 Å². The molecule has 0 N–H and O–H groups in total. The maximum Gasteiger partial charge on any atom is 0.446 e. The van der Waals surface area contributed by atoms with Gasteiger partial charge in [0.25, 0.3) is 11.5 Å². The number of carbonyl (C=O) groups is 2. The Balaban J connectivity index is 3.08. The van der Waals surface area contributed by atoms with Crippen molar-refractivity contribution in [1.82, 2.24) is 0 Å². The van der Waals surface area contributed by atoms with Crippen molar-refractivity contribution >= 4 is 23.2 Å². The van der Waals surface area contributed by atoms with Crippen molar-refractivity contribution in [3.8, 4) is 0 Å². The number of Topliss-reactive ketones (excluding diaryl/α,β-unsaturated/α-hetero) is 1. The standard InChI is InChI=1S/C10H7N3O5/c1-18-10(15)8(12-11)9(14)6-2-4-7(5-3-6)13(16)17/h2-5H,1H3. The average Bonchev–Trinajstić information content (AvgIpc) is 2.39. The number of ether oxygens (including phenoxy) is 1. The molecule has 18 heavy (non-hydrogen) atoms. The van der Waals surface area contributed by atoms with E-state index in [-0.39, 0.29) is 11.3 Å². The van der Waals surface area contributed by atoms with E-state index in [1.807, 2.05) is 0 Å². The molecule has 0 aliphatic carbocycles. The van der Waals surface area contributed by atoms with Crippen LogP contribution in [-0.4, -0.2) is 34.3 Å². The number of carbonyl (C=O) groups excluding carboxylic acids is 2. The van der Waals surface area contributed by atoms with Crippen LogP contribution >= 0.6 is 0 Å². The first-order chi connectivity index (χ1) is 8.51. The highest BCUT2D eigenvalue weighted by atomic mass is 16.6. The van der Waals surface area contributed by atoms with E-state index in [1.54, 1.807) is 0 Å². The fourth-order valence-electron chi connectivity index (χ4n) is 1.15. The maximum atomic E-state index is 11.7. The molecule has 8 heteroatoms. The minimum atomic E-state index is -1.10. The summed E-state index contributed by atoms with van der Waals surface area (Å²) in [6.45, 7) is 0. The van der Waals surface area contributed by atoms with Gasteiger partial charge in [0.05, 0.1) is 12.0 Å². The molecule has 0 aliphatic rings. The second-order valence-electron chi connectivity index (χ2n) is 3.07. The number of nitro benzene ring substituents is 1. The zero-order chi connectivity index (χ0) is 13.7. The number of methoxy groups -OCH3 is 1. The first kappa shape index (κ1) is 13.2. The summed E-state index contributed by atoms with van der Waals surface area (Å²) in [5.74, 6) is -1.99. The monoisotopic (exact) mass is 249 g/mol. The van der Waals surface area contributed by atoms with Gasteiger partial charge in [-0.1, -0.05) is 0 Å². The van der Waals surface area contributed by atoms with Crippen LogP contribution in [0.2, 0.25) is 0 Å². The van der Waals surface area contributed by atoms with Crippen LogP contribution in [0, 0.1) is 10.1 Å². The average molecular weight is 249 g/mol. The first-order valence-electron chi connectivity index (χ1n) is 4.60. The minimum Gasteiger partial charge on any atom is -0.460 e. The van der Waals surface area contributed by atoms with Gasteiger partial charge in [-0.05, 0) is 12.1 Å². The molecule has 1 rings (SSSR count). The number of nitrogens with zero attached hydrogens (tertiary/aromatic N) is 3. The second-order valence-corrected chi connectivity index (χ2v) is 3.07. The molecule has 0 saturated heterocycles. The Morgan fingerprint density at radius 3 is 2.28 bits per heavy atom. The summed E-state index contributed by atoms with van der Waals surface area (Å²) in [5, 5.41) is 10.4. The normalized spacial score (nSPS) is 9.17. The molecular formula is C10H7N3O5. The predicted octanol–water partition coefficient (Wildman–Crippen LogP) is 0.621. The number of hydrogen-bond acceptors (Lipinski definition) is 5. The molecule has 0 fully saturated rings. The summed E-state index contributed by atoms with van der Waals surface area (Å²) >= 11 is 0. The molecule has 0 radical (unpaired) electrons. The summed E-state index contributed by atoms with van der Waals surface area (Å²) in [4.78, 5) is 35.1. The lowest BCUT2D eigenvalue weighted by Gasteiger charge is -1.96. The van der Waals surface area contributed by atoms with Crippen molar-refractivity contribution in [3.05, 3.63) is 45.5 Å². The summed E-state index contributed by atoms with van der Waals surface area (Å²) < 4.78 is 4.25. The number of ketones is 1. The first-order valence-corrected chi connectivity index (χ1v) is 4.60. The van der Waals surface area contributed by atoms with E-state index in [0.29, 0.717) is 0 Å². The Bertz CT molecular complexity index is 557. The van der Waals surface area contributed by atoms with Crippen LogP contribution in [0.25, 0.3) is 5.53 Å². The van der Waals surface area contributed by atoms with E-state index in [9.17, 15) is 19.7 Å². The smallest absolute Gasteiger partial charge is 0.446 e. The van der Waals surface area contributed by atoms with Crippen LogP contribution in [0.5, 0.6) is 0 Å². The summed E-state index contributed by atoms with van der Waals surface area (Å²) in [5.41, 5.74) is 7.53. The molecule has 0 unspecified atom stereocenters. The van der Waals surface area contributed by atoms with E-state index in [2.05, 4.69) is 9.53 Å². The third-order valence-corrected chi connectivity index (χ3v) is 2.03. The third kappa shape index (κ3) is 2.63. The molecule has 1 aromatic rings. The number of non-ortho nitro benzene ring substituents is 1. The van der Waals surface area contributed by atoms with E-state index in [4.69, 9.17) is 5.53 Å². The molecule has 8 nitrogen and oxygen atoms in total. The molecule has 0 aromatic heterocycles. The highest BCUT2D eigenvalue weighted by molar-refractivity contribution is 6.65. The molecule has 0 spiro atoms. The largest absolute Gasteiger partial charge is 0.460 e. The lowest BCUT2D eigenvalue weighted by atomic mass is 10.1. The second kappa shape index (κ2) is 5.46. The van der Waals surface area contributed by atoms with Crippen molar-refractivity contribution in [3.63, 3.8) is 0 Å². The van der Waals surface area contributed by atoms with Gasteiger partial charge in [-0.2, -0.15) is 4.79 Å². The molecule has 0 aliphatic heterocycles. The SMILES string of the molecule is COC(=O)C(=[N+]=[N-])C(=O)c1ccc([N+](=O)[O-])cc1. The van der Waals surface area contributed by atoms with Gasteiger partial charge in [-0.3, -0.25) is 14.9 Å². The van der Waals surface area contributed by atoms with Crippen LogP contribution in [0.3, 0.4) is 0 Å². The molecular weight excluding hydrogens is 242 g/mol. The molecule has 92 valence electrons. The van der Waals surface area contributed by atoms with E-state index in [1.165, 1.54) is 0 Å². The Labute approximate surface area is 101 Å². The fourth-order valence-corrected chi connectivity index (χ4v) is 1.15. The maximum absolute atomic E-state index is 11.7. The van der Waals surface area contributed by atoms with Gasteiger partial charge in [0.1, 0.15) is 0 Å². The Hall–Kier alpha value is -2.86. The highest BCUT2D eigenvalue weighted by Crippen LogP contribution is 2.12. The van der Waals surface area contributed by atoms with Crippen LogP contribution in [0.15, 0.2) is 24.3 Å². The van der Waals surface area contributed by atoms with Crippen LogP contribution in [-0.2, 0) is 9.53 Å². The van der Waals surface area contributed by atoms with Crippen LogP contribution < -0.4 is 0 Å². The number of nitro groups is 1. The molecule has 0 atom stereocenters. The van der Waals surface area contributed by atoms with Crippen molar-refractivity contribution in [2.45, 2.75) is 0 Å². The van der Waals surface area contributed by atoms with Crippen molar-refractivity contribution in [1.29, 1.82) is 0 Å². The van der Waals surface area contributed by atoms with Crippen LogP contribution in [0.4, 0.5) is 5.69 Å². The number of hydrogen-bond donors (Lipinski definition) is 0. The Morgan fingerprint density at radius 1 is 1.33 bits per heavy atom. The van der Waals surface area contributed by atoms with Gasteiger partial charge in [0.2, 0.25) is 0 Å². The lowest BCUT2D eigenvalue weighted by molar-refractivity contribution is -0.384. The van der Waals surface area contributed by atoms with Gasteiger partial charge in [-0.15, -0.1) is 0 Å². The highest BCUT2D eigenvalue weighted by Gasteiger charge is 2.31. The van der Waals surface area contributed by atoms with Gasteiger partial charge in [0.15, 0.2) is 0 Å². The van der Waals surface area contributed by atoms with Gasteiger partial charge in [-0.25, -0.2) is 4.79 Å². The number of esters is 1. The molecule has 0 heterocycles. The minimum absolute atomic E-state index is 0.0289. The van der Waals surface area contributed by atoms with Gasteiger partial charge >= 0.3 is 11.7 Å². The van der Waals surface area contributed by atoms with E-state index in [0.717, 1.165) is 31.4 Å². The number of rotatable bonds is 4. The van der Waals surface area contributed by atoms with Gasteiger partial charge in [0, 0.05) is 17.7 Å². The summed E-state index contributed by atoms with van der Waals surface area (Å²) in [6.07, 6.45) is 0. The Morgan fingerprint density at radius 2 is 1.89 bits per heavy atom. The fraction of sp³-hybridized carbons (Fsp3) is 0.100. The summed E-state index contributed by atoms with van der Waals surface area (Å²) in [7, 11) is 1.02. The molecule has 1 aromatic carbocycles. The Kier molecular flexibility index (Phi) is 4.01. The van der Waals surface area contributed by atoms with Gasteiger partial charge < -0.3 is 10.3 Å². The molecule has 0 amide bonds. The number of benzene rings is 1. The summed E-state index contributed by atoms with van der Waals surface area (Å²) in [6, 6.07) is 4.49. The third-order valence-electron chi connectivity index (χ3n) is 2.03. The topological polar surface area (TPSA) is 123 Å². The zero-order valence-corrected chi connectivity index (χ0v) is 9.19. The van der Waals surface area contributed by atoms with Crippen molar-refractivity contribution in [2.24, 2.45) is 0 Å². The van der Waals surface area contributed by atoms with Crippen LogP contribution in [0.1, 0.15) is 10.4 Å². The van der Waals surface area contributed by atoms with E-state index < -0.39 is 22.4 Å². The lowest BCUT2D eigenvalue weighted by Crippen LogP contribution is -2.26. The van der Waals surface area contributed by atoms with Crippen molar-refractivity contribution < 1.29 is 24.0 Å². The zero-order valence-electron chi connectivity index (χ0n) is 9.19. The molecule has 0 saturated carbocycles. The predicted molar refractivity (Wildman–Crippen MR) is 58.1 cm³/mol. The van der Waals surface area contributed by atoms with E-state index >= 15 is 0 Å². The molecule has 0 bridgehead atoms. The quantitative estimate of drug-likeness (QED) is 0.113.